The number of halogens is 4. The van der Waals surface area contributed by atoms with Gasteiger partial charge in [-0.1, -0.05) is 6.92 Å². The lowest BCUT2D eigenvalue weighted by Crippen LogP contribution is -2.12. The lowest BCUT2D eigenvalue weighted by molar-refractivity contribution is -0.141. The standard InChI is InChI=1S/C15H12F4N2O2/c1-2-8-5-9(16)3-4-11(8)21-12-7-20-13(15(17,18)19)6-10(12)14(22)23/h3-7,21H,2H2,1H3,(H,22,23). The molecule has 1 aromatic heterocycles. The molecule has 0 fully saturated rings. The molecule has 1 aromatic carbocycles. The monoisotopic (exact) mass is 328 g/mol. The maximum atomic E-state index is 13.2. The molecule has 0 aliphatic rings. The number of aromatic carboxylic acids is 1. The molecule has 23 heavy (non-hydrogen) atoms. The Morgan fingerprint density at radius 2 is 1.96 bits per heavy atom. The van der Waals surface area contributed by atoms with Crippen molar-refractivity contribution in [2.24, 2.45) is 0 Å². The topological polar surface area (TPSA) is 62.2 Å². The molecule has 1 heterocycles. The molecule has 4 nitrogen and oxygen atoms in total. The van der Waals surface area contributed by atoms with Gasteiger partial charge in [0.05, 0.1) is 17.4 Å². The van der Waals surface area contributed by atoms with Crippen LogP contribution in [-0.4, -0.2) is 16.1 Å². The molecule has 0 atom stereocenters. The summed E-state index contributed by atoms with van der Waals surface area (Å²) in [4.78, 5) is 14.4. The number of hydrogen-bond donors (Lipinski definition) is 2. The van der Waals surface area contributed by atoms with Gasteiger partial charge in [-0.05, 0) is 36.2 Å². The number of carboxylic acid groups (broad SMARTS) is 1. The Morgan fingerprint density at radius 1 is 1.26 bits per heavy atom. The second-order valence-electron chi connectivity index (χ2n) is 4.70. The summed E-state index contributed by atoms with van der Waals surface area (Å²) < 4.78 is 51.1. The summed E-state index contributed by atoms with van der Waals surface area (Å²) in [7, 11) is 0. The third-order valence-corrected chi connectivity index (χ3v) is 3.14. The smallest absolute Gasteiger partial charge is 0.433 e. The second-order valence-corrected chi connectivity index (χ2v) is 4.70. The van der Waals surface area contributed by atoms with E-state index in [4.69, 9.17) is 5.11 Å². The molecular formula is C15H12F4N2O2. The fourth-order valence-electron chi connectivity index (χ4n) is 2.01. The first-order chi connectivity index (χ1) is 10.7. The van der Waals surface area contributed by atoms with Crippen LogP contribution in [0.4, 0.5) is 28.9 Å². The molecule has 0 spiro atoms. The lowest BCUT2D eigenvalue weighted by atomic mass is 10.1. The zero-order valence-corrected chi connectivity index (χ0v) is 11.9. The molecule has 0 aliphatic carbocycles. The van der Waals surface area contributed by atoms with Gasteiger partial charge < -0.3 is 10.4 Å². The van der Waals surface area contributed by atoms with E-state index in [1.54, 1.807) is 6.92 Å². The van der Waals surface area contributed by atoms with Crippen molar-refractivity contribution in [2.75, 3.05) is 5.32 Å². The van der Waals surface area contributed by atoms with Gasteiger partial charge in [-0.15, -0.1) is 0 Å². The summed E-state index contributed by atoms with van der Waals surface area (Å²) in [5.41, 5.74) is -1.01. The molecule has 8 heteroatoms. The summed E-state index contributed by atoms with van der Waals surface area (Å²) >= 11 is 0. The van der Waals surface area contributed by atoms with Gasteiger partial charge in [0.25, 0.3) is 0 Å². The molecule has 0 unspecified atom stereocenters. The Bertz CT molecular complexity index is 745. The van der Waals surface area contributed by atoms with Crippen LogP contribution in [0.25, 0.3) is 0 Å². The first-order valence-corrected chi connectivity index (χ1v) is 6.58. The number of rotatable bonds is 4. The molecule has 2 aromatic rings. The van der Waals surface area contributed by atoms with Crippen molar-refractivity contribution in [3.05, 3.63) is 53.1 Å². The maximum Gasteiger partial charge on any atom is 0.433 e. The minimum Gasteiger partial charge on any atom is -0.478 e. The maximum absolute atomic E-state index is 13.2. The van der Waals surface area contributed by atoms with Crippen LogP contribution in [0.15, 0.2) is 30.5 Å². The number of carbonyl (C=O) groups is 1. The molecule has 2 rings (SSSR count). The first kappa shape index (κ1) is 16.7. The molecule has 0 saturated carbocycles. The van der Waals surface area contributed by atoms with Crippen LogP contribution in [0.2, 0.25) is 0 Å². The van der Waals surface area contributed by atoms with Crippen LogP contribution >= 0.6 is 0 Å². The second kappa shape index (κ2) is 6.23. The van der Waals surface area contributed by atoms with Crippen molar-refractivity contribution in [2.45, 2.75) is 19.5 Å². The van der Waals surface area contributed by atoms with Crippen LogP contribution in [0.5, 0.6) is 0 Å². The highest BCUT2D eigenvalue weighted by Crippen LogP contribution is 2.31. The van der Waals surface area contributed by atoms with Crippen molar-refractivity contribution in [1.82, 2.24) is 4.98 Å². The Balaban J connectivity index is 2.46. The summed E-state index contributed by atoms with van der Waals surface area (Å²) in [6.07, 6.45) is -3.49. The zero-order chi connectivity index (χ0) is 17.2. The predicted octanol–water partition coefficient (Wildman–Crippen LogP) is 4.24. The van der Waals surface area contributed by atoms with Gasteiger partial charge in [0.2, 0.25) is 0 Å². The van der Waals surface area contributed by atoms with E-state index in [0.717, 1.165) is 6.20 Å². The largest absolute Gasteiger partial charge is 0.478 e. The minimum absolute atomic E-state index is 0.105. The van der Waals surface area contributed by atoms with Gasteiger partial charge >= 0.3 is 12.1 Å². The van der Waals surface area contributed by atoms with Gasteiger partial charge in [-0.2, -0.15) is 13.2 Å². The quantitative estimate of drug-likeness (QED) is 0.824. The number of nitrogens with zero attached hydrogens (tertiary/aromatic N) is 1. The number of benzene rings is 1. The van der Waals surface area contributed by atoms with Crippen molar-refractivity contribution >= 4 is 17.3 Å². The van der Waals surface area contributed by atoms with E-state index in [1.165, 1.54) is 18.2 Å². The minimum atomic E-state index is -4.74. The van der Waals surface area contributed by atoms with E-state index in [1.807, 2.05) is 0 Å². The number of anilines is 2. The Labute approximate surface area is 128 Å². The average Bonchev–Trinajstić information content (AvgIpc) is 2.48. The highest BCUT2D eigenvalue weighted by Gasteiger charge is 2.33. The highest BCUT2D eigenvalue weighted by atomic mass is 19.4. The number of pyridine rings is 1. The van der Waals surface area contributed by atoms with Crippen molar-refractivity contribution in [1.29, 1.82) is 0 Å². The van der Waals surface area contributed by atoms with E-state index >= 15 is 0 Å². The Morgan fingerprint density at radius 3 is 2.52 bits per heavy atom. The number of aryl methyl sites for hydroxylation is 1. The van der Waals surface area contributed by atoms with E-state index in [-0.39, 0.29) is 5.69 Å². The summed E-state index contributed by atoms with van der Waals surface area (Å²) in [6, 6.07) is 4.27. The summed E-state index contributed by atoms with van der Waals surface area (Å²) in [6.45, 7) is 1.77. The third-order valence-electron chi connectivity index (χ3n) is 3.14. The van der Waals surface area contributed by atoms with Crippen LogP contribution < -0.4 is 5.32 Å². The molecule has 122 valence electrons. The molecule has 2 N–H and O–H groups in total. The molecule has 0 aliphatic heterocycles. The van der Waals surface area contributed by atoms with E-state index < -0.39 is 29.2 Å². The van der Waals surface area contributed by atoms with Crippen LogP contribution in [0.1, 0.15) is 28.5 Å². The van der Waals surface area contributed by atoms with Crippen molar-refractivity contribution in [3.63, 3.8) is 0 Å². The van der Waals surface area contributed by atoms with Crippen LogP contribution in [0.3, 0.4) is 0 Å². The van der Waals surface area contributed by atoms with E-state index in [2.05, 4.69) is 10.3 Å². The summed E-state index contributed by atoms with van der Waals surface area (Å²) in [5, 5.41) is 11.8. The number of alkyl halides is 3. The molecule has 0 bridgehead atoms. The van der Waals surface area contributed by atoms with Gasteiger partial charge in [0.1, 0.15) is 11.5 Å². The molecule has 0 saturated heterocycles. The molecule has 0 radical (unpaired) electrons. The van der Waals surface area contributed by atoms with Crippen LogP contribution in [-0.2, 0) is 12.6 Å². The lowest BCUT2D eigenvalue weighted by Gasteiger charge is -2.14. The SMILES string of the molecule is CCc1cc(F)ccc1Nc1cnc(C(F)(F)F)cc1C(=O)O. The van der Waals surface area contributed by atoms with Gasteiger partial charge in [0, 0.05) is 5.69 Å². The van der Waals surface area contributed by atoms with E-state index in [9.17, 15) is 22.4 Å². The fourth-order valence-corrected chi connectivity index (χ4v) is 2.01. The Kier molecular flexibility index (Phi) is 4.53. The van der Waals surface area contributed by atoms with Crippen molar-refractivity contribution in [3.8, 4) is 0 Å². The van der Waals surface area contributed by atoms with Gasteiger partial charge in [-0.25, -0.2) is 14.2 Å². The third kappa shape index (κ3) is 3.77. The molecular weight excluding hydrogens is 316 g/mol. The van der Waals surface area contributed by atoms with Crippen LogP contribution in [0, 0.1) is 5.82 Å². The normalized spacial score (nSPS) is 11.3. The Hall–Kier alpha value is -2.64. The highest BCUT2D eigenvalue weighted by molar-refractivity contribution is 5.95. The fraction of sp³-hybridized carbons (Fsp3) is 0.200. The zero-order valence-electron chi connectivity index (χ0n) is 11.9. The van der Waals surface area contributed by atoms with E-state index in [0.29, 0.717) is 23.7 Å². The summed E-state index contributed by atoms with van der Waals surface area (Å²) in [5.74, 6) is -1.99. The average molecular weight is 328 g/mol. The number of aromatic nitrogens is 1. The predicted molar refractivity (Wildman–Crippen MR) is 75.3 cm³/mol. The molecule has 0 amide bonds. The van der Waals surface area contributed by atoms with Crippen molar-refractivity contribution < 1.29 is 27.5 Å². The van der Waals surface area contributed by atoms with Gasteiger partial charge in [-0.3, -0.25) is 0 Å². The first-order valence-electron chi connectivity index (χ1n) is 6.58. The van der Waals surface area contributed by atoms with Gasteiger partial charge in [0.15, 0.2) is 0 Å². The number of carboxylic acids is 1. The number of hydrogen-bond acceptors (Lipinski definition) is 3. The number of nitrogens with one attached hydrogen (secondary N) is 1.